The Bertz CT molecular complexity index is 1210. The summed E-state index contributed by atoms with van der Waals surface area (Å²) in [6.07, 6.45) is 4.28. The standard InChI is InChI=1S/C25H25FN4OS/c1-17-22(23-15-19(26)3-8-24(23)28-17)11-14-30(16-18-9-12-27-13-10-18)25(32)29-20-4-6-21(31-2)7-5-20/h3-10,12-13,15,28H,11,14,16H2,1-2H3,(H,29,32). The van der Waals surface area contributed by atoms with E-state index in [1.54, 1.807) is 31.6 Å². The number of ether oxygens (including phenoxy) is 1. The number of aromatic nitrogens is 2. The predicted molar refractivity (Wildman–Crippen MR) is 131 cm³/mol. The van der Waals surface area contributed by atoms with Crippen molar-refractivity contribution in [2.24, 2.45) is 0 Å². The van der Waals surface area contributed by atoms with Crippen LogP contribution in [-0.4, -0.2) is 33.6 Å². The summed E-state index contributed by atoms with van der Waals surface area (Å²) in [5, 5.41) is 4.86. The number of nitrogens with one attached hydrogen (secondary N) is 2. The number of methoxy groups -OCH3 is 1. The fraction of sp³-hybridized carbons (Fsp3) is 0.200. The molecule has 2 N–H and O–H groups in total. The average molecular weight is 449 g/mol. The predicted octanol–water partition coefficient (Wildman–Crippen LogP) is 5.46. The van der Waals surface area contributed by atoms with E-state index >= 15 is 0 Å². The van der Waals surface area contributed by atoms with Crippen LogP contribution in [0.2, 0.25) is 0 Å². The van der Waals surface area contributed by atoms with Crippen LogP contribution in [0.25, 0.3) is 10.9 Å². The maximum Gasteiger partial charge on any atom is 0.173 e. The molecule has 0 saturated carbocycles. The number of H-pyrrole nitrogens is 1. The highest BCUT2D eigenvalue weighted by Crippen LogP contribution is 2.24. The van der Waals surface area contributed by atoms with E-state index in [1.165, 1.54) is 6.07 Å². The van der Waals surface area contributed by atoms with Crippen molar-refractivity contribution < 1.29 is 9.13 Å². The van der Waals surface area contributed by atoms with Gasteiger partial charge in [0.25, 0.3) is 0 Å². The fourth-order valence-electron chi connectivity index (χ4n) is 3.76. The zero-order chi connectivity index (χ0) is 22.5. The third-order valence-electron chi connectivity index (χ3n) is 5.46. The summed E-state index contributed by atoms with van der Waals surface area (Å²) >= 11 is 5.76. The second kappa shape index (κ2) is 9.78. The highest BCUT2D eigenvalue weighted by molar-refractivity contribution is 7.80. The molecular weight excluding hydrogens is 423 g/mol. The number of anilines is 1. The van der Waals surface area contributed by atoms with E-state index in [4.69, 9.17) is 17.0 Å². The molecule has 164 valence electrons. The smallest absolute Gasteiger partial charge is 0.173 e. The Kier molecular flexibility index (Phi) is 6.66. The average Bonchev–Trinajstić information content (AvgIpc) is 3.12. The maximum absolute atomic E-state index is 13.9. The number of benzene rings is 2. The van der Waals surface area contributed by atoms with Crippen LogP contribution in [-0.2, 0) is 13.0 Å². The molecule has 2 heterocycles. The molecule has 0 saturated heterocycles. The van der Waals surface area contributed by atoms with Gasteiger partial charge in [0.1, 0.15) is 11.6 Å². The molecule has 2 aromatic heterocycles. The quantitative estimate of drug-likeness (QED) is 0.368. The molecule has 0 atom stereocenters. The third-order valence-corrected chi connectivity index (χ3v) is 5.82. The second-order valence-corrected chi connectivity index (χ2v) is 7.99. The molecule has 5 nitrogen and oxygen atoms in total. The third kappa shape index (κ3) is 5.06. The summed E-state index contributed by atoms with van der Waals surface area (Å²) in [7, 11) is 1.64. The Balaban J connectivity index is 1.54. The Labute approximate surface area is 192 Å². The van der Waals surface area contributed by atoms with Gasteiger partial charge in [0.15, 0.2) is 5.11 Å². The molecule has 0 bridgehead atoms. The number of pyridine rings is 1. The molecule has 0 radical (unpaired) electrons. The second-order valence-electron chi connectivity index (χ2n) is 7.60. The molecule has 4 aromatic rings. The molecule has 0 aliphatic carbocycles. The van der Waals surface area contributed by atoms with Gasteiger partial charge in [-0.1, -0.05) is 0 Å². The van der Waals surface area contributed by atoms with Crippen molar-refractivity contribution in [2.75, 3.05) is 19.0 Å². The molecular formula is C25H25FN4OS. The highest BCUT2D eigenvalue weighted by Gasteiger charge is 2.15. The topological polar surface area (TPSA) is 53.2 Å². The van der Waals surface area contributed by atoms with Crippen molar-refractivity contribution in [3.63, 3.8) is 0 Å². The van der Waals surface area contributed by atoms with Gasteiger partial charge in [-0.15, -0.1) is 0 Å². The maximum atomic E-state index is 13.9. The molecule has 0 spiro atoms. The Hall–Kier alpha value is -3.45. The molecule has 0 unspecified atom stereocenters. The number of rotatable bonds is 7. The van der Waals surface area contributed by atoms with Crippen LogP contribution in [0.15, 0.2) is 67.0 Å². The van der Waals surface area contributed by atoms with Gasteiger partial charge < -0.3 is 19.9 Å². The number of nitrogens with zero attached hydrogens (tertiary/aromatic N) is 2. The lowest BCUT2D eigenvalue weighted by Gasteiger charge is -2.26. The zero-order valence-corrected chi connectivity index (χ0v) is 18.9. The number of hydrogen-bond acceptors (Lipinski definition) is 3. The van der Waals surface area contributed by atoms with Crippen LogP contribution < -0.4 is 10.1 Å². The molecule has 32 heavy (non-hydrogen) atoms. The largest absolute Gasteiger partial charge is 0.497 e. The van der Waals surface area contributed by atoms with Crippen LogP contribution in [0.4, 0.5) is 10.1 Å². The summed E-state index contributed by atoms with van der Waals surface area (Å²) < 4.78 is 19.1. The van der Waals surface area contributed by atoms with Gasteiger partial charge in [0, 0.05) is 47.8 Å². The molecule has 0 amide bonds. The first-order valence-corrected chi connectivity index (χ1v) is 10.8. The first-order chi connectivity index (χ1) is 15.5. The number of halogens is 1. The van der Waals surface area contributed by atoms with E-state index in [2.05, 4.69) is 20.2 Å². The fourth-order valence-corrected chi connectivity index (χ4v) is 4.04. The number of aromatic amines is 1. The van der Waals surface area contributed by atoms with E-state index in [9.17, 15) is 4.39 Å². The number of hydrogen-bond donors (Lipinski definition) is 2. The van der Waals surface area contributed by atoms with Crippen LogP contribution in [0.3, 0.4) is 0 Å². The Morgan fingerprint density at radius 1 is 1.12 bits per heavy atom. The molecule has 7 heteroatoms. The van der Waals surface area contributed by atoms with Crippen molar-refractivity contribution in [1.29, 1.82) is 0 Å². The van der Waals surface area contributed by atoms with Crippen molar-refractivity contribution >= 4 is 33.9 Å². The number of aryl methyl sites for hydroxylation is 1. The Morgan fingerprint density at radius 3 is 2.59 bits per heavy atom. The monoisotopic (exact) mass is 448 g/mol. The summed E-state index contributed by atoms with van der Waals surface area (Å²) in [5.41, 5.74) is 5.09. The van der Waals surface area contributed by atoms with E-state index < -0.39 is 0 Å². The molecule has 0 aliphatic heterocycles. The first kappa shape index (κ1) is 21.8. The zero-order valence-electron chi connectivity index (χ0n) is 18.1. The normalized spacial score (nSPS) is 10.8. The molecule has 4 rings (SSSR count). The number of fused-ring (bicyclic) bond motifs is 1. The van der Waals surface area contributed by atoms with Gasteiger partial charge in [-0.25, -0.2) is 4.39 Å². The minimum atomic E-state index is -0.233. The lowest BCUT2D eigenvalue weighted by atomic mass is 10.1. The van der Waals surface area contributed by atoms with Crippen molar-refractivity contribution in [2.45, 2.75) is 19.9 Å². The lowest BCUT2D eigenvalue weighted by molar-refractivity contribution is 0.415. The van der Waals surface area contributed by atoms with Gasteiger partial charge in [0.2, 0.25) is 0 Å². The highest BCUT2D eigenvalue weighted by atomic mass is 32.1. The van der Waals surface area contributed by atoms with Crippen molar-refractivity contribution in [3.8, 4) is 5.75 Å². The molecule has 0 fully saturated rings. The van der Waals surface area contributed by atoms with Crippen LogP contribution >= 0.6 is 12.2 Å². The van der Waals surface area contributed by atoms with E-state index in [-0.39, 0.29) is 5.82 Å². The number of thiocarbonyl (C=S) groups is 1. The van der Waals surface area contributed by atoms with Crippen LogP contribution in [0, 0.1) is 12.7 Å². The first-order valence-electron chi connectivity index (χ1n) is 10.4. The van der Waals surface area contributed by atoms with Gasteiger partial charge >= 0.3 is 0 Å². The van der Waals surface area contributed by atoms with Gasteiger partial charge in [0.05, 0.1) is 7.11 Å². The molecule has 2 aromatic carbocycles. The van der Waals surface area contributed by atoms with Crippen LogP contribution in [0.5, 0.6) is 5.75 Å². The SMILES string of the molecule is COc1ccc(NC(=S)N(CCc2c(C)[nH]c3ccc(F)cc23)Cc2ccncc2)cc1. The minimum absolute atomic E-state index is 0.233. The van der Waals surface area contributed by atoms with Crippen molar-refractivity contribution in [1.82, 2.24) is 14.9 Å². The van der Waals surface area contributed by atoms with Gasteiger partial charge in [-0.2, -0.15) is 0 Å². The Morgan fingerprint density at radius 2 is 1.88 bits per heavy atom. The van der Waals surface area contributed by atoms with E-state index in [0.717, 1.165) is 45.6 Å². The summed E-state index contributed by atoms with van der Waals surface area (Å²) in [5.74, 6) is 0.556. The van der Waals surface area contributed by atoms with Crippen LogP contribution in [0.1, 0.15) is 16.8 Å². The molecule has 0 aliphatic rings. The van der Waals surface area contributed by atoms with E-state index in [0.29, 0.717) is 18.2 Å². The summed E-state index contributed by atoms with van der Waals surface area (Å²) in [6, 6.07) is 16.5. The lowest BCUT2D eigenvalue weighted by Crippen LogP contribution is -2.36. The summed E-state index contributed by atoms with van der Waals surface area (Å²) in [6.45, 7) is 3.34. The van der Waals surface area contributed by atoms with Gasteiger partial charge in [-0.3, -0.25) is 4.98 Å². The van der Waals surface area contributed by atoms with E-state index in [1.807, 2.05) is 43.3 Å². The summed E-state index contributed by atoms with van der Waals surface area (Å²) in [4.78, 5) is 9.58. The minimum Gasteiger partial charge on any atom is -0.497 e. The van der Waals surface area contributed by atoms with Crippen molar-refractivity contribution in [3.05, 3.63) is 89.6 Å². The van der Waals surface area contributed by atoms with Gasteiger partial charge in [-0.05, 0) is 91.3 Å².